The second kappa shape index (κ2) is 12.6. The summed E-state index contributed by atoms with van der Waals surface area (Å²) in [6, 6.07) is 9.73. The molecule has 0 aliphatic rings. The second-order valence-electron chi connectivity index (χ2n) is 6.91. The van der Waals surface area contributed by atoms with Gasteiger partial charge in [0.2, 0.25) is 11.8 Å². The van der Waals surface area contributed by atoms with Gasteiger partial charge in [0, 0.05) is 43.7 Å². The van der Waals surface area contributed by atoms with Crippen LogP contribution in [0.1, 0.15) is 23.2 Å². The first kappa shape index (κ1) is 24.2. The van der Waals surface area contributed by atoms with Gasteiger partial charge in [-0.2, -0.15) is 11.8 Å². The van der Waals surface area contributed by atoms with Gasteiger partial charge >= 0.3 is 0 Å². The molecule has 31 heavy (non-hydrogen) atoms. The minimum Gasteiger partial charge on any atom is -0.378 e. The number of carbonyl (C=O) groups is 3. The number of carbonyl (C=O) groups excluding carboxylic acids is 3. The van der Waals surface area contributed by atoms with Crippen molar-refractivity contribution in [2.75, 3.05) is 35.8 Å². The van der Waals surface area contributed by atoms with Gasteiger partial charge < -0.3 is 15.5 Å². The van der Waals surface area contributed by atoms with Crippen LogP contribution in [-0.2, 0) is 9.59 Å². The number of pyridine rings is 1. The molecular formula is C21H27N5O4S. The lowest BCUT2D eigenvalue weighted by Gasteiger charge is -2.19. The third kappa shape index (κ3) is 8.27. The summed E-state index contributed by atoms with van der Waals surface area (Å²) in [4.78, 5) is 42.5. The van der Waals surface area contributed by atoms with Crippen molar-refractivity contribution < 1.29 is 19.6 Å². The van der Waals surface area contributed by atoms with Crippen molar-refractivity contribution in [1.29, 1.82) is 0 Å². The van der Waals surface area contributed by atoms with Gasteiger partial charge in [-0.25, -0.2) is 5.48 Å². The number of thioether (sulfide) groups is 1. The molecule has 166 valence electrons. The highest BCUT2D eigenvalue weighted by Crippen LogP contribution is 2.14. The fraction of sp³-hybridized carbons (Fsp3) is 0.333. The van der Waals surface area contributed by atoms with E-state index in [0.29, 0.717) is 29.2 Å². The monoisotopic (exact) mass is 445 g/mol. The van der Waals surface area contributed by atoms with E-state index in [-0.39, 0.29) is 18.2 Å². The molecule has 0 radical (unpaired) electrons. The van der Waals surface area contributed by atoms with E-state index < -0.39 is 11.9 Å². The molecule has 0 aliphatic heterocycles. The molecule has 9 nitrogen and oxygen atoms in total. The number of amides is 3. The fourth-order valence-corrected chi connectivity index (χ4v) is 3.58. The Hall–Kier alpha value is -3.11. The van der Waals surface area contributed by atoms with Crippen LogP contribution in [0.5, 0.6) is 0 Å². The molecule has 0 aliphatic carbocycles. The van der Waals surface area contributed by atoms with Gasteiger partial charge in [0.15, 0.2) is 0 Å². The summed E-state index contributed by atoms with van der Waals surface area (Å²) in [6.45, 7) is 0. The smallest absolute Gasteiger partial charge is 0.251 e. The van der Waals surface area contributed by atoms with Gasteiger partial charge in [-0.05, 0) is 48.6 Å². The van der Waals surface area contributed by atoms with E-state index >= 15 is 0 Å². The molecular weight excluding hydrogens is 418 g/mol. The fourth-order valence-electron chi connectivity index (χ4n) is 2.59. The predicted octanol–water partition coefficient (Wildman–Crippen LogP) is 1.90. The predicted molar refractivity (Wildman–Crippen MR) is 121 cm³/mol. The van der Waals surface area contributed by atoms with Gasteiger partial charge in [0.25, 0.3) is 5.91 Å². The van der Waals surface area contributed by atoms with E-state index in [1.54, 1.807) is 35.9 Å². The highest BCUT2D eigenvalue weighted by atomic mass is 32.2. The maximum Gasteiger partial charge on any atom is 0.251 e. The molecule has 1 aromatic heterocycles. The molecule has 10 heteroatoms. The number of hydrogen-bond donors (Lipinski definition) is 4. The minimum atomic E-state index is -0.780. The summed E-state index contributed by atoms with van der Waals surface area (Å²) in [5.41, 5.74) is 3.54. The van der Waals surface area contributed by atoms with Gasteiger partial charge in [-0.3, -0.25) is 24.6 Å². The van der Waals surface area contributed by atoms with Crippen molar-refractivity contribution in [3.05, 3.63) is 54.4 Å². The molecule has 2 aromatic rings. The van der Waals surface area contributed by atoms with Crippen LogP contribution in [0, 0.1) is 0 Å². The zero-order valence-electron chi connectivity index (χ0n) is 17.5. The van der Waals surface area contributed by atoms with Gasteiger partial charge in [-0.1, -0.05) is 0 Å². The lowest BCUT2D eigenvalue weighted by atomic mass is 10.1. The summed E-state index contributed by atoms with van der Waals surface area (Å²) in [5.74, 6) is -0.240. The number of benzene rings is 1. The molecule has 4 N–H and O–H groups in total. The largest absolute Gasteiger partial charge is 0.378 e. The van der Waals surface area contributed by atoms with E-state index in [2.05, 4.69) is 15.6 Å². The molecule has 2 rings (SSSR count). The number of nitrogens with zero attached hydrogens (tertiary/aromatic N) is 2. The Morgan fingerprint density at radius 2 is 1.90 bits per heavy atom. The molecule has 0 saturated heterocycles. The quantitative estimate of drug-likeness (QED) is 0.237. The summed E-state index contributed by atoms with van der Waals surface area (Å²) < 4.78 is 0. The second-order valence-corrected chi connectivity index (χ2v) is 8.06. The zero-order chi connectivity index (χ0) is 22.6. The number of aromatic nitrogens is 1. The lowest BCUT2D eigenvalue weighted by molar-refractivity contribution is -0.129. The average molecular weight is 446 g/mol. The maximum absolute atomic E-state index is 12.8. The third-order valence-electron chi connectivity index (χ3n) is 4.30. The Kier molecular flexibility index (Phi) is 9.79. The van der Waals surface area contributed by atoms with Crippen molar-refractivity contribution in [2.24, 2.45) is 0 Å². The number of nitrogens with one attached hydrogen (secondary N) is 3. The summed E-state index contributed by atoms with van der Waals surface area (Å²) in [6.07, 6.45) is 3.84. The van der Waals surface area contributed by atoms with Crippen molar-refractivity contribution in [3.63, 3.8) is 0 Å². The number of anilines is 2. The topological polar surface area (TPSA) is 124 Å². The standard InChI is InChI=1S/C21H27N5O4S/c1-26(2)17-9-7-15(8-10-17)20(28)24-18(14-31-12-4-6-19(27)25-30)21(29)23-16-5-3-11-22-13-16/h3,5,7-11,13,18,30H,4,6,12,14H2,1-2H3,(H,23,29)(H,24,28)(H,25,27)/t18-/m0/s1. The Morgan fingerprint density at radius 1 is 1.16 bits per heavy atom. The Balaban J connectivity index is 2.00. The van der Waals surface area contributed by atoms with Crippen LogP contribution >= 0.6 is 11.8 Å². The molecule has 0 spiro atoms. The van der Waals surface area contributed by atoms with Crippen molar-refractivity contribution in [2.45, 2.75) is 18.9 Å². The van der Waals surface area contributed by atoms with E-state index in [4.69, 9.17) is 5.21 Å². The zero-order valence-corrected chi connectivity index (χ0v) is 18.3. The minimum absolute atomic E-state index is 0.181. The first-order valence-electron chi connectivity index (χ1n) is 9.70. The average Bonchev–Trinajstić information content (AvgIpc) is 2.78. The van der Waals surface area contributed by atoms with Crippen molar-refractivity contribution in [3.8, 4) is 0 Å². The Bertz CT molecular complexity index is 862. The normalized spacial score (nSPS) is 11.3. The summed E-state index contributed by atoms with van der Waals surface area (Å²) >= 11 is 1.44. The number of hydroxylamine groups is 1. The van der Waals surface area contributed by atoms with Gasteiger partial charge in [0.1, 0.15) is 6.04 Å². The third-order valence-corrected chi connectivity index (χ3v) is 5.44. The molecule has 1 atom stereocenters. The van der Waals surface area contributed by atoms with E-state index in [1.165, 1.54) is 18.0 Å². The summed E-state index contributed by atoms with van der Waals surface area (Å²) in [7, 11) is 3.82. The highest BCUT2D eigenvalue weighted by Gasteiger charge is 2.22. The first-order valence-corrected chi connectivity index (χ1v) is 10.9. The van der Waals surface area contributed by atoms with Crippen LogP contribution in [0.15, 0.2) is 48.8 Å². The van der Waals surface area contributed by atoms with E-state index in [1.807, 2.05) is 31.1 Å². The molecule has 0 bridgehead atoms. The van der Waals surface area contributed by atoms with Crippen LogP contribution in [0.2, 0.25) is 0 Å². The van der Waals surface area contributed by atoms with Crippen molar-refractivity contribution >= 4 is 40.9 Å². The summed E-state index contributed by atoms with van der Waals surface area (Å²) in [5, 5.41) is 14.1. The SMILES string of the molecule is CN(C)c1ccc(C(=O)N[C@@H](CSCCCC(=O)NO)C(=O)Nc2cccnc2)cc1. The van der Waals surface area contributed by atoms with Gasteiger partial charge in [-0.15, -0.1) is 0 Å². The van der Waals surface area contributed by atoms with E-state index in [9.17, 15) is 14.4 Å². The number of hydrogen-bond acceptors (Lipinski definition) is 7. The molecule has 1 heterocycles. The molecule has 0 saturated carbocycles. The molecule has 0 fully saturated rings. The molecule has 0 unspecified atom stereocenters. The van der Waals surface area contributed by atoms with Crippen LogP contribution in [0.25, 0.3) is 0 Å². The Morgan fingerprint density at radius 3 is 2.52 bits per heavy atom. The van der Waals surface area contributed by atoms with Crippen LogP contribution < -0.4 is 21.0 Å². The van der Waals surface area contributed by atoms with E-state index in [0.717, 1.165) is 5.69 Å². The van der Waals surface area contributed by atoms with Crippen LogP contribution in [0.3, 0.4) is 0 Å². The lowest BCUT2D eigenvalue weighted by Crippen LogP contribution is -2.45. The van der Waals surface area contributed by atoms with Gasteiger partial charge in [0.05, 0.1) is 11.9 Å². The first-order chi connectivity index (χ1) is 14.9. The molecule has 1 aromatic carbocycles. The Labute approximate surface area is 185 Å². The maximum atomic E-state index is 12.8. The molecule has 3 amide bonds. The van der Waals surface area contributed by atoms with Crippen LogP contribution in [0.4, 0.5) is 11.4 Å². The highest BCUT2D eigenvalue weighted by molar-refractivity contribution is 7.99. The van der Waals surface area contributed by atoms with Crippen LogP contribution in [-0.4, -0.2) is 59.6 Å². The number of rotatable bonds is 11. The van der Waals surface area contributed by atoms with Crippen molar-refractivity contribution in [1.82, 2.24) is 15.8 Å².